The van der Waals surface area contributed by atoms with E-state index in [1.54, 1.807) is 24.9 Å². The molecule has 4 aromatic rings. The Labute approximate surface area is 216 Å². The van der Waals surface area contributed by atoms with Gasteiger partial charge in [-0.2, -0.15) is 0 Å². The summed E-state index contributed by atoms with van der Waals surface area (Å²) in [5, 5.41) is 2.97. The van der Waals surface area contributed by atoms with E-state index in [2.05, 4.69) is 36.1 Å². The second kappa shape index (κ2) is 10.9. The highest BCUT2D eigenvalue weighted by atomic mass is 16.5. The average molecular weight is 503 g/mol. The molecule has 0 fully saturated rings. The Morgan fingerprint density at radius 1 is 1.14 bits per heavy atom. The zero-order valence-electron chi connectivity index (χ0n) is 22.3. The Morgan fingerprint density at radius 2 is 1.92 bits per heavy atom. The van der Waals surface area contributed by atoms with E-state index in [-0.39, 0.29) is 23.9 Å². The number of imidazole rings is 1. The van der Waals surface area contributed by atoms with Gasteiger partial charge in [-0.3, -0.25) is 14.0 Å². The van der Waals surface area contributed by atoms with E-state index < -0.39 is 0 Å². The highest BCUT2D eigenvalue weighted by Crippen LogP contribution is 2.35. The van der Waals surface area contributed by atoms with Crippen molar-refractivity contribution in [1.29, 1.82) is 0 Å². The van der Waals surface area contributed by atoms with Crippen LogP contribution in [-0.4, -0.2) is 34.5 Å². The predicted molar refractivity (Wildman–Crippen MR) is 145 cm³/mol. The molecule has 0 aliphatic carbocycles. The van der Waals surface area contributed by atoms with Crippen LogP contribution >= 0.6 is 0 Å². The van der Waals surface area contributed by atoms with Crippen LogP contribution in [0, 0.1) is 6.92 Å². The van der Waals surface area contributed by atoms with Gasteiger partial charge >= 0.3 is 0 Å². The highest BCUT2D eigenvalue weighted by molar-refractivity contribution is 5.95. The summed E-state index contributed by atoms with van der Waals surface area (Å²) in [5.74, 6) is 1.18. The number of nitrogens with zero attached hydrogens (tertiary/aromatic N) is 2. The Balaban J connectivity index is 1.79. The minimum absolute atomic E-state index is 0.132. The number of hydrogen-bond donors (Lipinski definition) is 2. The maximum Gasteiger partial charge on any atom is 0.268 e. The minimum atomic E-state index is -0.297. The number of benzene rings is 1. The van der Waals surface area contributed by atoms with E-state index in [1.165, 1.54) is 0 Å². The zero-order valence-corrected chi connectivity index (χ0v) is 22.3. The summed E-state index contributed by atoms with van der Waals surface area (Å²) in [7, 11) is 3.21. The Bertz CT molecular complexity index is 1500. The van der Waals surface area contributed by atoms with Crippen LogP contribution in [0.2, 0.25) is 0 Å². The molecule has 8 nitrogen and oxygen atoms in total. The normalized spacial score (nSPS) is 11.2. The number of aromatic nitrogens is 3. The third-order valence-corrected chi connectivity index (χ3v) is 6.49. The molecule has 0 spiro atoms. The van der Waals surface area contributed by atoms with E-state index in [1.807, 2.05) is 43.3 Å². The van der Waals surface area contributed by atoms with Gasteiger partial charge in [-0.25, -0.2) is 4.98 Å². The van der Waals surface area contributed by atoms with Crippen LogP contribution in [0.1, 0.15) is 66.1 Å². The maximum absolute atomic E-state index is 13.6. The number of pyridine rings is 2. The number of aromatic amines is 1. The standard InChI is InChI=1S/C29H34N4O4/c1-7-8-19-11-18(4)32-28(34)23(19)15-30-29(35)25-13-20(12-24-27(17(2)3)31-16-33(24)25)22-10-9-21(36-5)14-26(22)37-6/h9-14,16-17H,7-8,15H2,1-6H3,(H,30,35)(H,32,34). The second-order valence-corrected chi connectivity index (χ2v) is 9.45. The van der Waals surface area contributed by atoms with Gasteiger partial charge < -0.3 is 19.8 Å². The molecule has 0 aliphatic heterocycles. The number of fused-ring (bicyclic) bond motifs is 1. The fourth-order valence-corrected chi connectivity index (χ4v) is 4.66. The Hall–Kier alpha value is -4.07. The van der Waals surface area contributed by atoms with Crippen molar-refractivity contribution in [3.8, 4) is 22.6 Å². The van der Waals surface area contributed by atoms with Gasteiger partial charge in [0.25, 0.3) is 11.5 Å². The van der Waals surface area contributed by atoms with Gasteiger partial charge in [0.2, 0.25) is 0 Å². The van der Waals surface area contributed by atoms with E-state index in [9.17, 15) is 9.59 Å². The van der Waals surface area contributed by atoms with Gasteiger partial charge in [0.05, 0.1) is 25.4 Å². The lowest BCUT2D eigenvalue weighted by Crippen LogP contribution is -2.29. The molecule has 8 heteroatoms. The fraction of sp³-hybridized carbons (Fsp3) is 0.345. The van der Waals surface area contributed by atoms with Crippen molar-refractivity contribution in [2.24, 2.45) is 0 Å². The summed E-state index contributed by atoms with van der Waals surface area (Å²) in [6.07, 6.45) is 3.35. The van der Waals surface area contributed by atoms with Crippen molar-refractivity contribution in [3.05, 3.63) is 81.3 Å². The molecule has 0 aliphatic rings. The number of H-pyrrole nitrogens is 1. The third kappa shape index (κ3) is 5.23. The molecular formula is C29H34N4O4. The second-order valence-electron chi connectivity index (χ2n) is 9.45. The number of carbonyl (C=O) groups excluding carboxylic acids is 1. The quantitative estimate of drug-likeness (QED) is 0.335. The molecule has 1 amide bonds. The molecule has 1 aromatic carbocycles. The summed E-state index contributed by atoms with van der Waals surface area (Å²) in [6, 6.07) is 11.4. The number of ether oxygens (including phenoxy) is 2. The number of methoxy groups -OCH3 is 2. The van der Waals surface area contributed by atoms with E-state index in [0.717, 1.165) is 46.4 Å². The topological polar surface area (TPSA) is 97.7 Å². The van der Waals surface area contributed by atoms with Crippen molar-refractivity contribution >= 4 is 11.4 Å². The van der Waals surface area contributed by atoms with Crippen molar-refractivity contribution < 1.29 is 14.3 Å². The molecule has 0 bridgehead atoms. The summed E-state index contributed by atoms with van der Waals surface area (Å²) in [4.78, 5) is 33.7. The number of amides is 1. The van der Waals surface area contributed by atoms with Crippen molar-refractivity contribution in [1.82, 2.24) is 19.7 Å². The lowest BCUT2D eigenvalue weighted by Gasteiger charge is -2.15. The first kappa shape index (κ1) is 26.0. The molecule has 3 aromatic heterocycles. The maximum atomic E-state index is 13.6. The van der Waals surface area contributed by atoms with Crippen molar-refractivity contribution in [2.45, 2.75) is 53.0 Å². The van der Waals surface area contributed by atoms with Crippen LogP contribution in [0.5, 0.6) is 11.5 Å². The Morgan fingerprint density at radius 3 is 2.59 bits per heavy atom. The van der Waals surface area contributed by atoms with Crippen LogP contribution in [0.3, 0.4) is 0 Å². The van der Waals surface area contributed by atoms with Gasteiger partial charge in [0, 0.05) is 29.4 Å². The first-order valence-electron chi connectivity index (χ1n) is 12.5. The lowest BCUT2D eigenvalue weighted by molar-refractivity contribution is 0.0944. The summed E-state index contributed by atoms with van der Waals surface area (Å²) < 4.78 is 12.8. The molecule has 0 radical (unpaired) electrons. The number of nitrogens with one attached hydrogen (secondary N) is 2. The van der Waals surface area contributed by atoms with Gasteiger partial charge in [-0.05, 0) is 60.7 Å². The van der Waals surface area contributed by atoms with E-state index >= 15 is 0 Å². The zero-order chi connectivity index (χ0) is 26.7. The number of hydrogen-bond acceptors (Lipinski definition) is 5. The van der Waals surface area contributed by atoms with Crippen LogP contribution in [0.4, 0.5) is 0 Å². The largest absolute Gasteiger partial charge is 0.497 e. The molecule has 0 saturated carbocycles. The first-order chi connectivity index (χ1) is 17.8. The van der Waals surface area contributed by atoms with Gasteiger partial charge in [-0.15, -0.1) is 0 Å². The van der Waals surface area contributed by atoms with E-state index in [4.69, 9.17) is 9.47 Å². The smallest absolute Gasteiger partial charge is 0.268 e. The Kier molecular flexibility index (Phi) is 7.66. The molecular weight excluding hydrogens is 468 g/mol. The van der Waals surface area contributed by atoms with Crippen LogP contribution < -0.4 is 20.3 Å². The van der Waals surface area contributed by atoms with Crippen LogP contribution in [0.25, 0.3) is 16.6 Å². The fourth-order valence-electron chi connectivity index (χ4n) is 4.66. The minimum Gasteiger partial charge on any atom is -0.497 e. The number of rotatable bonds is 9. The van der Waals surface area contributed by atoms with Crippen molar-refractivity contribution in [3.63, 3.8) is 0 Å². The SMILES string of the molecule is CCCc1cc(C)[nH]c(=O)c1CNC(=O)c1cc(-c2ccc(OC)cc2OC)cc2c(C(C)C)ncn12. The molecule has 4 rings (SSSR count). The van der Waals surface area contributed by atoms with Gasteiger partial charge in [0.1, 0.15) is 23.5 Å². The number of carbonyl (C=O) groups is 1. The summed E-state index contributed by atoms with van der Waals surface area (Å²) in [6.45, 7) is 8.21. The van der Waals surface area contributed by atoms with Crippen molar-refractivity contribution in [2.75, 3.05) is 14.2 Å². The molecule has 194 valence electrons. The molecule has 2 N–H and O–H groups in total. The first-order valence-corrected chi connectivity index (χ1v) is 12.5. The van der Waals surface area contributed by atoms with E-state index in [0.29, 0.717) is 22.8 Å². The number of aryl methyl sites for hydroxylation is 2. The molecule has 0 unspecified atom stereocenters. The summed E-state index contributed by atoms with van der Waals surface area (Å²) >= 11 is 0. The van der Waals surface area contributed by atoms with Crippen LogP contribution in [0.15, 0.2) is 47.5 Å². The molecule has 0 saturated heterocycles. The predicted octanol–water partition coefficient (Wildman–Crippen LogP) is 5.02. The highest BCUT2D eigenvalue weighted by Gasteiger charge is 2.20. The summed E-state index contributed by atoms with van der Waals surface area (Å²) in [5.41, 5.74) is 5.98. The monoisotopic (exact) mass is 502 g/mol. The third-order valence-electron chi connectivity index (χ3n) is 6.49. The molecule has 3 heterocycles. The molecule has 0 atom stereocenters. The van der Waals surface area contributed by atoms with Gasteiger partial charge in [-0.1, -0.05) is 27.2 Å². The average Bonchev–Trinajstić information content (AvgIpc) is 3.31. The molecule has 37 heavy (non-hydrogen) atoms. The lowest BCUT2D eigenvalue weighted by atomic mass is 10.0. The van der Waals surface area contributed by atoms with Gasteiger partial charge in [0.15, 0.2) is 0 Å². The van der Waals surface area contributed by atoms with Crippen LogP contribution in [-0.2, 0) is 13.0 Å².